The van der Waals surface area contributed by atoms with Crippen molar-refractivity contribution in [2.75, 3.05) is 13.1 Å². The molecule has 0 spiro atoms. The molecule has 1 saturated heterocycles. The molecule has 5 rings (SSSR count). The van der Waals surface area contributed by atoms with E-state index in [9.17, 15) is 4.79 Å². The Bertz CT molecular complexity index is 1230. The fraction of sp³-hybridized carbons (Fsp3) is 0.250. The van der Waals surface area contributed by atoms with E-state index < -0.39 is 0 Å². The number of hydrogen-bond donors (Lipinski definition) is 1. The van der Waals surface area contributed by atoms with Crippen LogP contribution in [0, 0.1) is 6.57 Å². The molecule has 1 amide bonds. The van der Waals surface area contributed by atoms with Crippen LogP contribution in [0.2, 0.25) is 0 Å². The van der Waals surface area contributed by atoms with Crippen molar-refractivity contribution in [2.24, 2.45) is 4.99 Å². The number of aliphatic imine (C=N–C) groups is 1. The molecule has 3 heterocycles. The number of nitrogens with one attached hydrogen (secondary N) is 1. The maximum atomic E-state index is 13.2. The van der Waals surface area contributed by atoms with Crippen LogP contribution in [0.1, 0.15) is 36.8 Å². The average Bonchev–Trinajstić information content (AvgIpc) is 3.24. The number of carbonyl (C=O) groups excluding carboxylic acids is 1. The summed E-state index contributed by atoms with van der Waals surface area (Å²) in [6.07, 6.45) is 4.24. The molecule has 1 fully saturated rings. The molecule has 0 bridgehead atoms. The molecule has 2 aromatic carbocycles. The molecule has 0 radical (unpaired) electrons. The number of amidine groups is 1. The minimum Gasteiger partial charge on any atom is -0.348 e. The van der Waals surface area contributed by atoms with Crippen molar-refractivity contribution in [3.05, 3.63) is 76.8 Å². The molecule has 6 nitrogen and oxygen atoms in total. The zero-order valence-corrected chi connectivity index (χ0v) is 17.8. The number of likely N-dealkylation sites (tertiary alicyclic amines) is 1. The second-order valence-electron chi connectivity index (χ2n) is 7.64. The van der Waals surface area contributed by atoms with Gasteiger partial charge in [-0.25, -0.2) is 14.8 Å². The maximum Gasteiger partial charge on any atom is 0.273 e. The molecule has 7 heteroatoms. The first-order valence-corrected chi connectivity index (χ1v) is 11.3. The van der Waals surface area contributed by atoms with Gasteiger partial charge in [0.05, 0.1) is 22.5 Å². The van der Waals surface area contributed by atoms with Crippen LogP contribution in [0.5, 0.6) is 0 Å². The highest BCUT2D eigenvalue weighted by molar-refractivity contribution is 7.22. The SMILES string of the molecule is [C-]#[N+]C(C(=O)N1CCCCCC1)=C1NC(=Nc2nc3ccccc3s2)c2ccccc21. The van der Waals surface area contributed by atoms with Gasteiger partial charge in [0.25, 0.3) is 11.6 Å². The lowest BCUT2D eigenvalue weighted by Crippen LogP contribution is -2.33. The lowest BCUT2D eigenvalue weighted by atomic mass is 10.1. The Kier molecular flexibility index (Phi) is 5.23. The number of carbonyl (C=O) groups is 1. The second kappa shape index (κ2) is 8.32. The molecular weight excluding hydrogens is 406 g/mol. The van der Waals surface area contributed by atoms with Gasteiger partial charge in [0.2, 0.25) is 5.13 Å². The summed E-state index contributed by atoms with van der Waals surface area (Å²) in [5.41, 5.74) is 3.29. The summed E-state index contributed by atoms with van der Waals surface area (Å²) in [6, 6.07) is 15.7. The number of para-hydroxylation sites is 1. The van der Waals surface area contributed by atoms with E-state index in [0.717, 1.165) is 47.0 Å². The molecule has 0 aliphatic carbocycles. The highest BCUT2D eigenvalue weighted by Crippen LogP contribution is 2.33. The monoisotopic (exact) mass is 427 g/mol. The van der Waals surface area contributed by atoms with E-state index in [1.807, 2.05) is 53.4 Å². The Morgan fingerprint density at radius 1 is 1.03 bits per heavy atom. The molecule has 2 aliphatic heterocycles. The first-order valence-electron chi connectivity index (χ1n) is 10.5. The standard InChI is InChI=1S/C24H21N5OS/c1-25-21(23(30)29-14-8-2-3-9-15-29)20-16-10-4-5-11-17(16)22(27-20)28-24-26-18-12-6-7-13-19(18)31-24/h4-7,10-13H,2-3,8-9,14-15H2,(H,26,27,28). The van der Waals surface area contributed by atoms with Gasteiger partial charge in [-0.05, 0) is 30.5 Å². The first-order chi connectivity index (χ1) is 15.2. The number of thiazole rings is 1. The van der Waals surface area contributed by atoms with Crippen LogP contribution in [-0.2, 0) is 4.79 Å². The van der Waals surface area contributed by atoms with Crippen molar-refractivity contribution < 1.29 is 4.79 Å². The van der Waals surface area contributed by atoms with E-state index in [1.165, 1.54) is 11.3 Å². The Hall–Kier alpha value is -3.50. The third kappa shape index (κ3) is 3.71. The molecule has 0 unspecified atom stereocenters. The number of nitrogens with zero attached hydrogens (tertiary/aromatic N) is 4. The van der Waals surface area contributed by atoms with Gasteiger partial charge in [0, 0.05) is 18.7 Å². The number of benzene rings is 2. The number of amides is 1. The van der Waals surface area contributed by atoms with Crippen molar-refractivity contribution in [1.82, 2.24) is 15.2 Å². The summed E-state index contributed by atoms with van der Waals surface area (Å²) in [4.78, 5) is 28.0. The van der Waals surface area contributed by atoms with Crippen LogP contribution in [0.3, 0.4) is 0 Å². The summed E-state index contributed by atoms with van der Waals surface area (Å²) >= 11 is 1.52. The van der Waals surface area contributed by atoms with Crippen LogP contribution in [0.25, 0.3) is 20.8 Å². The molecule has 3 aromatic rings. The maximum absolute atomic E-state index is 13.2. The van der Waals surface area contributed by atoms with Gasteiger partial charge in [-0.1, -0.05) is 60.6 Å². The Morgan fingerprint density at radius 3 is 2.48 bits per heavy atom. The first kappa shape index (κ1) is 19.5. The predicted molar refractivity (Wildman–Crippen MR) is 124 cm³/mol. The van der Waals surface area contributed by atoms with Gasteiger partial charge in [-0.15, -0.1) is 0 Å². The molecular formula is C24H21N5OS. The molecule has 154 valence electrons. The fourth-order valence-electron chi connectivity index (χ4n) is 4.07. The molecule has 1 aromatic heterocycles. The molecule has 0 atom stereocenters. The quantitative estimate of drug-likeness (QED) is 0.464. The average molecular weight is 428 g/mol. The van der Waals surface area contributed by atoms with E-state index in [2.05, 4.69) is 15.1 Å². The van der Waals surface area contributed by atoms with Crippen molar-refractivity contribution in [3.8, 4) is 0 Å². The lowest BCUT2D eigenvalue weighted by molar-refractivity contribution is -0.126. The highest BCUT2D eigenvalue weighted by atomic mass is 32.1. The van der Waals surface area contributed by atoms with E-state index in [4.69, 9.17) is 11.6 Å². The van der Waals surface area contributed by atoms with E-state index >= 15 is 0 Å². The molecule has 0 saturated carbocycles. The van der Waals surface area contributed by atoms with Crippen molar-refractivity contribution in [2.45, 2.75) is 25.7 Å². The third-order valence-corrected chi connectivity index (χ3v) is 6.56. The van der Waals surface area contributed by atoms with Gasteiger partial charge >= 0.3 is 0 Å². The zero-order chi connectivity index (χ0) is 21.2. The van der Waals surface area contributed by atoms with Crippen LogP contribution >= 0.6 is 11.3 Å². The summed E-state index contributed by atoms with van der Waals surface area (Å²) < 4.78 is 1.07. The molecule has 1 N–H and O–H groups in total. The summed E-state index contributed by atoms with van der Waals surface area (Å²) in [5.74, 6) is 0.421. The van der Waals surface area contributed by atoms with Crippen molar-refractivity contribution in [1.29, 1.82) is 0 Å². The molecule has 31 heavy (non-hydrogen) atoms. The fourth-order valence-corrected chi connectivity index (χ4v) is 4.92. The van der Waals surface area contributed by atoms with Gasteiger partial charge in [-0.2, -0.15) is 0 Å². The number of rotatable bonds is 2. The summed E-state index contributed by atoms with van der Waals surface area (Å²) in [5, 5.41) is 3.91. The summed E-state index contributed by atoms with van der Waals surface area (Å²) in [7, 11) is 0. The Labute approximate surface area is 184 Å². The van der Waals surface area contributed by atoms with Crippen molar-refractivity contribution >= 4 is 44.1 Å². The van der Waals surface area contributed by atoms with Gasteiger partial charge in [0.15, 0.2) is 0 Å². The van der Waals surface area contributed by atoms with E-state index in [1.54, 1.807) is 0 Å². The van der Waals surface area contributed by atoms with Crippen molar-refractivity contribution in [3.63, 3.8) is 0 Å². The third-order valence-electron chi connectivity index (χ3n) is 5.63. The van der Waals surface area contributed by atoms with Gasteiger partial charge < -0.3 is 10.2 Å². The second-order valence-corrected chi connectivity index (χ2v) is 8.65. The predicted octanol–water partition coefficient (Wildman–Crippen LogP) is 4.97. The minimum atomic E-state index is -0.199. The number of hydrogen-bond acceptors (Lipinski definition) is 4. The largest absolute Gasteiger partial charge is 0.348 e. The van der Waals surface area contributed by atoms with Gasteiger partial charge in [0.1, 0.15) is 5.84 Å². The molecule has 2 aliphatic rings. The van der Waals surface area contributed by atoms with Crippen LogP contribution in [-0.4, -0.2) is 34.7 Å². The van der Waals surface area contributed by atoms with E-state index in [0.29, 0.717) is 29.8 Å². The van der Waals surface area contributed by atoms with Gasteiger partial charge in [-0.3, -0.25) is 4.79 Å². The van der Waals surface area contributed by atoms with Crippen LogP contribution in [0.4, 0.5) is 5.13 Å². The number of fused-ring (bicyclic) bond motifs is 2. The van der Waals surface area contributed by atoms with E-state index in [-0.39, 0.29) is 11.6 Å². The Balaban J connectivity index is 1.55. The minimum absolute atomic E-state index is 0.129. The van der Waals surface area contributed by atoms with Crippen LogP contribution in [0.15, 0.2) is 59.2 Å². The Morgan fingerprint density at radius 2 is 1.74 bits per heavy atom. The highest BCUT2D eigenvalue weighted by Gasteiger charge is 2.30. The zero-order valence-electron chi connectivity index (χ0n) is 17.0. The summed E-state index contributed by atoms with van der Waals surface area (Å²) in [6.45, 7) is 9.18. The smallest absolute Gasteiger partial charge is 0.273 e. The lowest BCUT2D eigenvalue weighted by Gasteiger charge is -2.20. The normalized spacial score (nSPS) is 18.9. The number of aromatic nitrogens is 1. The van der Waals surface area contributed by atoms with Crippen LogP contribution < -0.4 is 5.32 Å². The topological polar surface area (TPSA) is 62.0 Å².